The molecule has 1 aliphatic heterocycles. The predicted octanol–water partition coefficient (Wildman–Crippen LogP) is 5.74. The molecule has 0 amide bonds. The average Bonchev–Trinajstić information content (AvgIpc) is 3.40. The molecule has 1 aliphatic rings. The highest BCUT2D eigenvalue weighted by Gasteiger charge is 2.43. The number of anilines is 1. The number of pyridine rings is 1. The second-order valence-corrected chi connectivity index (χ2v) is 9.32. The van der Waals surface area contributed by atoms with E-state index in [0.717, 1.165) is 23.7 Å². The smallest absolute Gasteiger partial charge is 0.174 e. The molecule has 6 nitrogen and oxygen atoms in total. The van der Waals surface area contributed by atoms with Gasteiger partial charge in [-0.3, -0.25) is 4.98 Å². The fourth-order valence-corrected chi connectivity index (χ4v) is 5.39. The Labute approximate surface area is 217 Å². The first-order valence-corrected chi connectivity index (χ1v) is 12.4. The number of aromatic nitrogens is 2. The zero-order valence-corrected chi connectivity index (χ0v) is 21.8. The van der Waals surface area contributed by atoms with Crippen molar-refractivity contribution in [3.05, 3.63) is 107 Å². The van der Waals surface area contributed by atoms with E-state index in [0.29, 0.717) is 10.9 Å². The SMILES string of the molecule is COc1ccc(N2C(=S)N[C@@H](c3ccccn3)[C@H]2c2cc(C)n(Cc3ccccc3)c2C)c(OC)c1. The van der Waals surface area contributed by atoms with E-state index in [-0.39, 0.29) is 12.1 Å². The van der Waals surface area contributed by atoms with Crippen LogP contribution in [0.1, 0.15) is 40.3 Å². The molecule has 0 bridgehead atoms. The molecule has 2 aromatic heterocycles. The summed E-state index contributed by atoms with van der Waals surface area (Å²) >= 11 is 5.93. The van der Waals surface area contributed by atoms with Crippen LogP contribution in [0.4, 0.5) is 5.69 Å². The number of benzene rings is 2. The van der Waals surface area contributed by atoms with E-state index in [4.69, 9.17) is 21.7 Å². The van der Waals surface area contributed by atoms with Gasteiger partial charge in [0.2, 0.25) is 0 Å². The molecule has 1 saturated heterocycles. The summed E-state index contributed by atoms with van der Waals surface area (Å²) in [7, 11) is 3.32. The summed E-state index contributed by atoms with van der Waals surface area (Å²) in [5, 5.41) is 4.18. The van der Waals surface area contributed by atoms with Gasteiger partial charge in [0.1, 0.15) is 11.5 Å². The number of hydrogen-bond donors (Lipinski definition) is 1. The van der Waals surface area contributed by atoms with Gasteiger partial charge in [-0.05, 0) is 67.5 Å². The minimum absolute atomic E-state index is 0.120. The lowest BCUT2D eigenvalue weighted by atomic mass is 9.96. The van der Waals surface area contributed by atoms with Crippen LogP contribution in [0.15, 0.2) is 79.0 Å². The molecule has 2 aromatic carbocycles. The van der Waals surface area contributed by atoms with Crippen LogP contribution in [0.2, 0.25) is 0 Å². The first kappa shape index (κ1) is 23.9. The highest BCUT2D eigenvalue weighted by molar-refractivity contribution is 7.80. The topological polar surface area (TPSA) is 51.5 Å². The van der Waals surface area contributed by atoms with Crippen molar-refractivity contribution in [2.75, 3.05) is 19.1 Å². The van der Waals surface area contributed by atoms with Crippen LogP contribution in [-0.4, -0.2) is 28.9 Å². The van der Waals surface area contributed by atoms with Crippen molar-refractivity contribution in [1.82, 2.24) is 14.9 Å². The fourth-order valence-electron chi connectivity index (χ4n) is 5.05. The third kappa shape index (κ3) is 4.31. The Hall–Kier alpha value is -3.84. The minimum Gasteiger partial charge on any atom is -0.497 e. The Balaban J connectivity index is 1.65. The molecule has 184 valence electrons. The highest BCUT2D eigenvalue weighted by Crippen LogP contribution is 2.46. The van der Waals surface area contributed by atoms with Gasteiger partial charge in [0.05, 0.1) is 37.7 Å². The van der Waals surface area contributed by atoms with Crippen molar-refractivity contribution in [3.63, 3.8) is 0 Å². The predicted molar refractivity (Wildman–Crippen MR) is 147 cm³/mol. The molecule has 5 rings (SSSR count). The first-order valence-electron chi connectivity index (χ1n) is 11.9. The molecule has 0 aliphatic carbocycles. The third-order valence-electron chi connectivity index (χ3n) is 6.86. The maximum absolute atomic E-state index is 5.93. The summed E-state index contributed by atoms with van der Waals surface area (Å²) in [6.45, 7) is 5.16. The lowest BCUT2D eigenvalue weighted by Gasteiger charge is -2.29. The molecule has 1 N–H and O–H groups in total. The summed E-state index contributed by atoms with van der Waals surface area (Å²) < 4.78 is 13.6. The second kappa shape index (κ2) is 10.0. The van der Waals surface area contributed by atoms with Crippen molar-refractivity contribution in [3.8, 4) is 11.5 Å². The molecule has 36 heavy (non-hydrogen) atoms. The normalized spacial score (nSPS) is 17.2. The van der Waals surface area contributed by atoms with Gasteiger partial charge in [-0.15, -0.1) is 0 Å². The van der Waals surface area contributed by atoms with Gasteiger partial charge in [-0.1, -0.05) is 36.4 Å². The monoisotopic (exact) mass is 498 g/mol. The Morgan fingerprint density at radius 1 is 0.944 bits per heavy atom. The van der Waals surface area contributed by atoms with Gasteiger partial charge in [0.15, 0.2) is 5.11 Å². The van der Waals surface area contributed by atoms with Crippen LogP contribution in [-0.2, 0) is 6.54 Å². The number of nitrogens with zero attached hydrogens (tertiary/aromatic N) is 3. The van der Waals surface area contributed by atoms with Crippen LogP contribution in [0.5, 0.6) is 11.5 Å². The minimum atomic E-state index is -0.129. The van der Waals surface area contributed by atoms with Crippen LogP contribution in [0.25, 0.3) is 0 Å². The maximum Gasteiger partial charge on any atom is 0.174 e. The quantitative estimate of drug-likeness (QED) is 0.328. The Morgan fingerprint density at radius 2 is 1.72 bits per heavy atom. The van der Waals surface area contributed by atoms with E-state index in [2.05, 4.69) is 63.9 Å². The second-order valence-electron chi connectivity index (χ2n) is 8.93. The molecular formula is C29H30N4O2S. The van der Waals surface area contributed by atoms with E-state index < -0.39 is 0 Å². The standard InChI is InChI=1S/C29H30N4O2S/c1-19-16-23(20(2)32(19)18-21-10-6-5-7-11-21)28-27(24-12-8-9-15-30-24)31-29(36)33(28)25-14-13-22(34-3)17-26(25)35-4/h5-17,27-28H,18H2,1-4H3,(H,31,36)/t27-,28+/m0/s1. The number of aryl methyl sites for hydroxylation is 1. The van der Waals surface area contributed by atoms with E-state index in [1.165, 1.54) is 22.5 Å². The number of thiocarbonyl (C=S) groups is 1. The van der Waals surface area contributed by atoms with Crippen LogP contribution < -0.4 is 19.7 Å². The van der Waals surface area contributed by atoms with Crippen molar-refractivity contribution >= 4 is 23.0 Å². The van der Waals surface area contributed by atoms with Crippen molar-refractivity contribution in [2.45, 2.75) is 32.5 Å². The van der Waals surface area contributed by atoms with E-state index in [9.17, 15) is 0 Å². The van der Waals surface area contributed by atoms with Crippen molar-refractivity contribution in [2.24, 2.45) is 0 Å². The van der Waals surface area contributed by atoms with Crippen LogP contribution in [0.3, 0.4) is 0 Å². The zero-order valence-electron chi connectivity index (χ0n) is 20.9. The van der Waals surface area contributed by atoms with Crippen molar-refractivity contribution < 1.29 is 9.47 Å². The molecule has 0 radical (unpaired) electrons. The molecule has 4 aromatic rings. The number of ether oxygens (including phenoxy) is 2. The van der Waals surface area contributed by atoms with Crippen LogP contribution >= 0.6 is 12.2 Å². The zero-order chi connectivity index (χ0) is 25.2. The van der Waals surface area contributed by atoms with Gasteiger partial charge < -0.3 is 24.3 Å². The van der Waals surface area contributed by atoms with Gasteiger partial charge in [-0.25, -0.2) is 0 Å². The molecule has 0 unspecified atom stereocenters. The lowest BCUT2D eigenvalue weighted by Crippen LogP contribution is -2.30. The van der Waals surface area contributed by atoms with E-state index in [1.807, 2.05) is 48.7 Å². The Morgan fingerprint density at radius 3 is 2.42 bits per heavy atom. The molecule has 0 saturated carbocycles. The largest absolute Gasteiger partial charge is 0.497 e. The van der Waals surface area contributed by atoms with E-state index >= 15 is 0 Å². The van der Waals surface area contributed by atoms with Gasteiger partial charge in [0, 0.05) is 30.2 Å². The van der Waals surface area contributed by atoms with Crippen molar-refractivity contribution in [1.29, 1.82) is 0 Å². The summed E-state index contributed by atoms with van der Waals surface area (Å²) in [6, 6.07) is 24.4. The summed E-state index contributed by atoms with van der Waals surface area (Å²) in [5.74, 6) is 1.43. The average molecular weight is 499 g/mol. The Bertz CT molecular complexity index is 1370. The summed E-state index contributed by atoms with van der Waals surface area (Å²) in [6.07, 6.45) is 1.83. The maximum atomic E-state index is 5.93. The molecule has 1 fully saturated rings. The molecule has 3 heterocycles. The number of methoxy groups -OCH3 is 2. The summed E-state index contributed by atoms with van der Waals surface area (Å²) in [4.78, 5) is 6.84. The molecular weight excluding hydrogens is 468 g/mol. The van der Waals surface area contributed by atoms with Gasteiger partial charge in [0.25, 0.3) is 0 Å². The number of hydrogen-bond acceptors (Lipinski definition) is 4. The highest BCUT2D eigenvalue weighted by atomic mass is 32.1. The molecule has 7 heteroatoms. The third-order valence-corrected chi connectivity index (χ3v) is 7.17. The van der Waals surface area contributed by atoms with Crippen LogP contribution in [0, 0.1) is 13.8 Å². The fraction of sp³-hybridized carbons (Fsp3) is 0.241. The van der Waals surface area contributed by atoms with Gasteiger partial charge in [-0.2, -0.15) is 0 Å². The number of nitrogens with one attached hydrogen (secondary N) is 1. The van der Waals surface area contributed by atoms with E-state index in [1.54, 1.807) is 14.2 Å². The molecule has 0 spiro atoms. The summed E-state index contributed by atoms with van der Waals surface area (Å²) in [5.41, 5.74) is 6.68. The molecule has 2 atom stereocenters. The Kier molecular flexibility index (Phi) is 6.65. The number of rotatable bonds is 7. The first-order chi connectivity index (χ1) is 17.5. The van der Waals surface area contributed by atoms with Gasteiger partial charge >= 0.3 is 0 Å². The lowest BCUT2D eigenvalue weighted by molar-refractivity contribution is 0.394.